The SMILES string of the molecule is C=C(F)C(=O)N1CCN(c2nc(OC[C@@]34CCCN3C[C@H](F)C4)nc3c(OC4CC4)c(-c4cccc5c4CC4CC54)ncc23)C[C@@H]1CC#N. The molecule has 9 rings (SSSR count). The van der Waals surface area contributed by atoms with E-state index < -0.39 is 29.5 Å². The molecule has 10 nitrogen and oxygen atoms in total. The zero-order valence-corrected chi connectivity index (χ0v) is 27.4. The topological polar surface area (TPSA) is 108 Å². The van der Waals surface area contributed by atoms with Gasteiger partial charge in [-0.1, -0.05) is 24.8 Å². The number of piperazine rings is 1. The van der Waals surface area contributed by atoms with Gasteiger partial charge >= 0.3 is 6.01 Å². The van der Waals surface area contributed by atoms with E-state index in [1.165, 1.54) is 22.4 Å². The molecule has 0 spiro atoms. The van der Waals surface area contributed by atoms with Crippen molar-refractivity contribution in [2.75, 3.05) is 44.2 Å². The summed E-state index contributed by atoms with van der Waals surface area (Å²) in [7, 11) is 0. The van der Waals surface area contributed by atoms with Crippen LogP contribution in [0.15, 0.2) is 36.8 Å². The van der Waals surface area contributed by atoms with E-state index in [9.17, 15) is 18.8 Å². The zero-order valence-electron chi connectivity index (χ0n) is 27.4. The second-order valence-electron chi connectivity index (χ2n) is 14.8. The fourth-order valence-corrected chi connectivity index (χ4v) is 8.91. The van der Waals surface area contributed by atoms with Gasteiger partial charge in [-0.2, -0.15) is 15.2 Å². The van der Waals surface area contributed by atoms with Gasteiger partial charge in [0, 0.05) is 44.4 Å². The number of alkyl halides is 1. The number of carbonyl (C=O) groups excluding carboxylic acids is 1. The maximum Gasteiger partial charge on any atom is 0.319 e. The molecule has 3 saturated heterocycles. The maximum absolute atomic E-state index is 14.6. The number of amides is 1. The normalized spacial score (nSPS) is 28.6. The highest BCUT2D eigenvalue weighted by atomic mass is 19.1. The number of carbonyl (C=O) groups is 1. The first-order valence-corrected chi connectivity index (χ1v) is 17.6. The molecule has 12 heteroatoms. The predicted octanol–water partition coefficient (Wildman–Crippen LogP) is 5.26. The average Bonchev–Trinajstić information content (AvgIpc) is 3.97. The van der Waals surface area contributed by atoms with Crippen molar-refractivity contribution in [3.63, 3.8) is 0 Å². The Bertz CT molecular complexity index is 1910. The van der Waals surface area contributed by atoms with E-state index in [1.807, 2.05) is 4.90 Å². The molecule has 3 aliphatic heterocycles. The molecule has 0 N–H and O–H groups in total. The number of rotatable bonds is 9. The molecule has 2 saturated carbocycles. The van der Waals surface area contributed by atoms with E-state index >= 15 is 0 Å². The molecule has 3 aliphatic carbocycles. The van der Waals surface area contributed by atoms with E-state index in [0.717, 1.165) is 49.9 Å². The molecule has 2 aromatic heterocycles. The Morgan fingerprint density at radius 1 is 1.18 bits per heavy atom. The highest BCUT2D eigenvalue weighted by molar-refractivity contribution is 5.97. The van der Waals surface area contributed by atoms with Gasteiger partial charge < -0.3 is 19.3 Å². The van der Waals surface area contributed by atoms with Crippen LogP contribution in [0.5, 0.6) is 11.8 Å². The summed E-state index contributed by atoms with van der Waals surface area (Å²) in [4.78, 5) is 33.2. The molecule has 6 aliphatic rings. The van der Waals surface area contributed by atoms with Crippen LogP contribution in [0.4, 0.5) is 14.6 Å². The van der Waals surface area contributed by atoms with Crippen molar-refractivity contribution in [1.29, 1.82) is 5.26 Å². The van der Waals surface area contributed by atoms with Crippen LogP contribution in [0.3, 0.4) is 0 Å². The quantitative estimate of drug-likeness (QED) is 0.283. The summed E-state index contributed by atoms with van der Waals surface area (Å²) in [5.41, 5.74) is 4.75. The Hall–Kier alpha value is -4.37. The molecule has 5 heterocycles. The second kappa shape index (κ2) is 11.6. The van der Waals surface area contributed by atoms with Crippen LogP contribution in [0.25, 0.3) is 22.2 Å². The molecule has 0 bridgehead atoms. The third kappa shape index (κ3) is 5.28. The monoisotopic (exact) mass is 667 g/mol. The summed E-state index contributed by atoms with van der Waals surface area (Å²) in [5.74, 6) is 0.624. The van der Waals surface area contributed by atoms with Gasteiger partial charge in [0.05, 0.1) is 35.6 Å². The largest absolute Gasteiger partial charge is 0.486 e. The first-order chi connectivity index (χ1) is 23.8. The van der Waals surface area contributed by atoms with Crippen molar-refractivity contribution >= 4 is 22.6 Å². The molecule has 49 heavy (non-hydrogen) atoms. The molecule has 5 atom stereocenters. The van der Waals surface area contributed by atoms with Crippen LogP contribution in [-0.4, -0.2) is 93.8 Å². The van der Waals surface area contributed by atoms with E-state index in [2.05, 4.69) is 35.7 Å². The fourth-order valence-electron chi connectivity index (χ4n) is 8.91. The molecule has 0 radical (unpaired) electrons. The van der Waals surface area contributed by atoms with Crippen LogP contribution < -0.4 is 14.4 Å². The third-order valence-electron chi connectivity index (χ3n) is 11.6. The molecule has 3 aromatic rings. The molecule has 254 valence electrons. The molecule has 5 fully saturated rings. The van der Waals surface area contributed by atoms with Gasteiger partial charge in [0.1, 0.15) is 29.8 Å². The highest BCUT2D eigenvalue weighted by Crippen LogP contribution is 2.58. The lowest BCUT2D eigenvalue weighted by atomic mass is 9.95. The summed E-state index contributed by atoms with van der Waals surface area (Å²) in [5, 5.41) is 10.3. The number of pyridine rings is 1. The summed E-state index contributed by atoms with van der Waals surface area (Å²) >= 11 is 0. The Balaban J connectivity index is 1.15. The first-order valence-electron chi connectivity index (χ1n) is 17.6. The van der Waals surface area contributed by atoms with Crippen molar-refractivity contribution in [2.24, 2.45) is 5.92 Å². The summed E-state index contributed by atoms with van der Waals surface area (Å²) in [6.45, 7) is 5.49. The van der Waals surface area contributed by atoms with Crippen LogP contribution in [0, 0.1) is 17.2 Å². The van der Waals surface area contributed by atoms with Crippen LogP contribution in [0.2, 0.25) is 0 Å². The number of aromatic nitrogens is 3. The first kappa shape index (κ1) is 30.7. The van der Waals surface area contributed by atoms with Gasteiger partial charge in [-0.3, -0.25) is 14.7 Å². The Morgan fingerprint density at radius 2 is 2.06 bits per heavy atom. The minimum absolute atomic E-state index is 0.0180. The average molecular weight is 668 g/mol. The molecular weight excluding hydrogens is 628 g/mol. The van der Waals surface area contributed by atoms with Crippen LogP contribution in [-0.2, 0) is 11.2 Å². The number of ether oxygens (including phenoxy) is 2. The lowest BCUT2D eigenvalue weighted by Crippen LogP contribution is -2.55. The molecule has 1 aromatic carbocycles. The van der Waals surface area contributed by atoms with Gasteiger partial charge in [-0.15, -0.1) is 0 Å². The number of hydrogen-bond donors (Lipinski definition) is 0. The summed E-state index contributed by atoms with van der Waals surface area (Å²) in [6, 6.07) is 8.21. The number of fused-ring (bicyclic) bond motifs is 5. The standard InChI is InChI=1S/C37H39F2N7O3/c1-21(38)35(47)46-13-12-44(19-24(46)8-10-40)34-30-17-41-31(27-5-2-4-26-28-14-22(28)15-29(26)27)33(49-25-6-7-25)32(30)42-36(43-34)48-20-37-9-3-11-45(37)18-23(39)16-37/h2,4-5,17,22-25,28H,1,3,6-9,11-16,18-20H2/t22?,23-,24+,28?,37+/m1/s1. The van der Waals surface area contributed by atoms with Crippen molar-refractivity contribution in [1.82, 2.24) is 24.8 Å². The van der Waals surface area contributed by atoms with Crippen LogP contribution in [0.1, 0.15) is 62.0 Å². The number of halogens is 2. The minimum Gasteiger partial charge on any atom is -0.486 e. The molecule has 2 unspecified atom stereocenters. The summed E-state index contributed by atoms with van der Waals surface area (Å²) in [6.07, 6.45) is 7.42. The number of nitrogens with zero attached hydrogens (tertiary/aromatic N) is 7. The number of nitriles is 1. The van der Waals surface area contributed by atoms with Gasteiger partial charge in [0.15, 0.2) is 11.6 Å². The third-order valence-corrected chi connectivity index (χ3v) is 11.6. The highest BCUT2D eigenvalue weighted by Gasteiger charge is 2.50. The Labute approximate surface area is 283 Å². The van der Waals surface area contributed by atoms with E-state index in [4.69, 9.17) is 24.4 Å². The van der Waals surface area contributed by atoms with Crippen LogP contribution >= 0.6 is 0 Å². The summed E-state index contributed by atoms with van der Waals surface area (Å²) < 4.78 is 41.7. The van der Waals surface area contributed by atoms with Gasteiger partial charge in [-0.25, -0.2) is 8.78 Å². The number of anilines is 1. The Kier molecular flexibility index (Phi) is 7.27. The van der Waals surface area contributed by atoms with Gasteiger partial charge in [0.2, 0.25) is 0 Å². The maximum atomic E-state index is 14.6. The lowest BCUT2D eigenvalue weighted by Gasteiger charge is -2.41. The number of benzene rings is 1. The minimum atomic E-state index is -1.05. The van der Waals surface area contributed by atoms with Gasteiger partial charge in [-0.05, 0) is 68.0 Å². The van der Waals surface area contributed by atoms with E-state index in [1.54, 1.807) is 6.20 Å². The predicted molar refractivity (Wildman–Crippen MR) is 178 cm³/mol. The molecule has 1 amide bonds. The van der Waals surface area contributed by atoms with E-state index in [0.29, 0.717) is 53.8 Å². The van der Waals surface area contributed by atoms with Crippen molar-refractivity contribution in [3.05, 3.63) is 47.9 Å². The van der Waals surface area contributed by atoms with Crippen molar-refractivity contribution in [2.45, 2.75) is 81.1 Å². The Morgan fingerprint density at radius 3 is 2.88 bits per heavy atom. The lowest BCUT2D eigenvalue weighted by molar-refractivity contribution is -0.131. The molecular formula is C37H39F2N7O3. The zero-order chi connectivity index (χ0) is 33.4. The van der Waals surface area contributed by atoms with Crippen molar-refractivity contribution < 1.29 is 23.0 Å². The fraction of sp³-hybridized carbons (Fsp3) is 0.541. The smallest absolute Gasteiger partial charge is 0.319 e. The second-order valence-corrected chi connectivity index (χ2v) is 14.8. The van der Waals surface area contributed by atoms with Gasteiger partial charge in [0.25, 0.3) is 5.91 Å². The van der Waals surface area contributed by atoms with Crippen molar-refractivity contribution in [3.8, 4) is 29.1 Å². The van der Waals surface area contributed by atoms with E-state index in [-0.39, 0.29) is 38.2 Å². The number of hydrogen-bond acceptors (Lipinski definition) is 9.